The normalized spacial score (nSPS) is 13.3. The van der Waals surface area contributed by atoms with E-state index in [2.05, 4.69) is 20.5 Å². The van der Waals surface area contributed by atoms with Crippen LogP contribution in [0.1, 0.15) is 59.3 Å². The molecular weight excluding hydrogens is 788 g/mol. The van der Waals surface area contributed by atoms with E-state index in [1.807, 2.05) is 0 Å². The largest absolute Gasteiger partial charge is 0.416 e. The van der Waals surface area contributed by atoms with Crippen LogP contribution in [0.15, 0.2) is 48.8 Å². The first-order valence-corrected chi connectivity index (χ1v) is 15.3. The number of nitrogens with one attached hydrogen (secondary N) is 2. The van der Waals surface area contributed by atoms with Crippen molar-refractivity contribution in [2.45, 2.75) is 50.6 Å². The van der Waals surface area contributed by atoms with E-state index in [4.69, 9.17) is 11.5 Å². The Morgan fingerprint density at radius 3 is 1.54 bits per heavy atom. The number of nitrogens with two attached hydrogens (primary N) is 2. The Bertz CT molecular complexity index is 2130. The number of aromatic nitrogens is 3. The predicted molar refractivity (Wildman–Crippen MR) is 171 cm³/mol. The van der Waals surface area contributed by atoms with Gasteiger partial charge in [-0.1, -0.05) is 12.1 Å². The van der Waals surface area contributed by atoms with E-state index in [1.54, 1.807) is 0 Å². The Morgan fingerprint density at radius 1 is 0.714 bits per heavy atom. The fraction of sp³-hybridized carbons (Fsp3) is 0.312. The Hall–Kier alpha value is -6.10. The van der Waals surface area contributed by atoms with Crippen molar-refractivity contribution in [3.63, 3.8) is 0 Å². The second kappa shape index (κ2) is 15.9. The molecule has 2 aromatic heterocycles. The summed E-state index contributed by atoms with van der Waals surface area (Å²) in [4.78, 5) is 52.4. The molecule has 12 nitrogen and oxygen atoms in total. The van der Waals surface area contributed by atoms with Crippen molar-refractivity contribution in [1.29, 1.82) is 0 Å². The van der Waals surface area contributed by atoms with Crippen molar-refractivity contribution in [2.24, 2.45) is 5.73 Å². The molecule has 4 rings (SSSR count). The third kappa shape index (κ3) is 9.95. The van der Waals surface area contributed by atoms with Gasteiger partial charge in [-0.2, -0.15) is 57.8 Å². The molecule has 4 aromatic rings. The monoisotopic (exact) mass is 816 g/mol. The number of benzene rings is 2. The number of hydrogen-bond acceptors (Lipinski definition) is 7. The van der Waals surface area contributed by atoms with E-state index in [0.717, 1.165) is 34.1 Å². The number of nitrogens with zero attached hydrogens (tertiary/aromatic N) is 4. The fourth-order valence-electron chi connectivity index (χ4n) is 5.01. The minimum Gasteiger partial charge on any atom is -0.383 e. The average Bonchev–Trinajstić information content (AvgIpc) is 3.60. The van der Waals surface area contributed by atoms with Crippen LogP contribution in [0.3, 0.4) is 0 Å². The molecule has 24 heteroatoms. The second-order valence-corrected chi connectivity index (χ2v) is 11.8. The van der Waals surface area contributed by atoms with E-state index in [9.17, 15) is 71.9 Å². The Labute approximate surface area is 306 Å². The Kier molecular flexibility index (Phi) is 12.6. The zero-order valence-corrected chi connectivity index (χ0v) is 28.9. The summed E-state index contributed by atoms with van der Waals surface area (Å²) in [7, 11) is 2.07. The van der Waals surface area contributed by atoms with Crippen LogP contribution >= 0.6 is 0 Å². The number of pyridine rings is 1. The van der Waals surface area contributed by atoms with E-state index in [0.29, 0.717) is 39.5 Å². The van der Waals surface area contributed by atoms with Crippen LogP contribution in [0.25, 0.3) is 10.9 Å². The van der Waals surface area contributed by atoms with Crippen LogP contribution in [0.2, 0.25) is 0 Å². The molecule has 0 aliphatic rings. The minimum absolute atomic E-state index is 0.0189. The van der Waals surface area contributed by atoms with Crippen LogP contribution in [0, 0.1) is 0 Å². The standard InChI is InChI=1S/C19H16F6N6O2.C13H12F6N2O2/c1-8(10-4-3-9(18(20,21)22)5-12(10)19(23,24)25)31(2)17(33)16(32)29-13-7-27-15(26)11-6-28-30-14(11)13;1-6(21(2)11(23)10(20)22)8-4-3-7(12(14,15)16)5-9(8)13(17,18)19/h3-8H,1-2H3,(H2,26,27)(H,28,30)(H,29,32);3-6H,1-2H3,(H2,20,22). The van der Waals surface area contributed by atoms with Gasteiger partial charge in [0.1, 0.15) is 11.3 Å². The summed E-state index contributed by atoms with van der Waals surface area (Å²) in [5.74, 6) is -5.00. The summed E-state index contributed by atoms with van der Waals surface area (Å²) in [6.07, 6.45) is -17.6. The van der Waals surface area contributed by atoms with Gasteiger partial charge in [-0.05, 0) is 49.2 Å². The van der Waals surface area contributed by atoms with E-state index >= 15 is 0 Å². The van der Waals surface area contributed by atoms with Crippen LogP contribution in [0.5, 0.6) is 0 Å². The summed E-state index contributed by atoms with van der Waals surface area (Å²) >= 11 is 0. The number of H-pyrrole nitrogens is 1. The zero-order chi connectivity index (χ0) is 42.9. The number of hydrogen-bond donors (Lipinski definition) is 4. The third-order valence-corrected chi connectivity index (χ3v) is 8.23. The maximum absolute atomic E-state index is 13.5. The van der Waals surface area contributed by atoms with Gasteiger partial charge in [-0.3, -0.25) is 24.3 Å². The summed E-state index contributed by atoms with van der Waals surface area (Å²) in [5.41, 5.74) is 3.40. The number of amides is 4. The van der Waals surface area contributed by atoms with Crippen LogP contribution in [-0.4, -0.2) is 62.7 Å². The molecule has 2 atom stereocenters. The van der Waals surface area contributed by atoms with Crippen molar-refractivity contribution >= 4 is 46.0 Å². The number of alkyl halides is 12. The highest BCUT2D eigenvalue weighted by atomic mass is 19.4. The smallest absolute Gasteiger partial charge is 0.383 e. The third-order valence-electron chi connectivity index (χ3n) is 8.23. The summed E-state index contributed by atoms with van der Waals surface area (Å²) < 4.78 is 156. The van der Waals surface area contributed by atoms with Crippen LogP contribution in [-0.2, 0) is 43.9 Å². The van der Waals surface area contributed by atoms with Gasteiger partial charge in [0.15, 0.2) is 0 Å². The molecule has 0 aliphatic carbocycles. The Morgan fingerprint density at radius 2 is 1.14 bits per heavy atom. The van der Waals surface area contributed by atoms with Gasteiger partial charge in [0.25, 0.3) is 0 Å². The van der Waals surface area contributed by atoms with Gasteiger partial charge in [0.05, 0.1) is 51.6 Å². The van der Waals surface area contributed by atoms with Crippen molar-refractivity contribution in [1.82, 2.24) is 25.0 Å². The fourth-order valence-corrected chi connectivity index (χ4v) is 5.01. The predicted octanol–water partition coefficient (Wildman–Crippen LogP) is 6.46. The molecule has 0 spiro atoms. The molecule has 4 amide bonds. The maximum atomic E-state index is 13.5. The quantitative estimate of drug-likeness (QED) is 0.132. The molecule has 0 fully saturated rings. The molecular formula is C32H28F12N8O4. The highest BCUT2D eigenvalue weighted by Gasteiger charge is 2.41. The molecule has 0 saturated carbocycles. The van der Waals surface area contributed by atoms with E-state index in [1.165, 1.54) is 6.20 Å². The van der Waals surface area contributed by atoms with E-state index < -0.39 is 93.8 Å². The minimum atomic E-state index is -5.13. The number of primary amides is 1. The lowest BCUT2D eigenvalue weighted by atomic mass is 9.97. The van der Waals surface area contributed by atoms with Crippen molar-refractivity contribution in [3.8, 4) is 0 Å². The van der Waals surface area contributed by atoms with Crippen molar-refractivity contribution < 1.29 is 71.9 Å². The number of fused-ring (bicyclic) bond motifs is 1. The number of aromatic amines is 1. The van der Waals surface area contributed by atoms with Gasteiger partial charge in [0.2, 0.25) is 0 Å². The number of nitrogen functional groups attached to an aromatic ring is 1. The van der Waals surface area contributed by atoms with Crippen molar-refractivity contribution in [3.05, 3.63) is 82.2 Å². The molecule has 0 radical (unpaired) electrons. The topological polar surface area (TPSA) is 180 Å². The average molecular weight is 817 g/mol. The SMILES string of the molecule is CC(c1ccc(C(F)(F)F)cc1C(F)(F)F)N(C)C(=O)C(=O)Nc1cnc(N)c2c[nH]nc12.CC(c1ccc(C(F)(F)F)cc1C(F)(F)F)N(C)C(=O)C(N)=O. The molecule has 6 N–H and O–H groups in total. The summed E-state index contributed by atoms with van der Waals surface area (Å²) in [6.45, 7) is 2.29. The van der Waals surface area contributed by atoms with Gasteiger partial charge < -0.3 is 26.6 Å². The lowest BCUT2D eigenvalue weighted by Crippen LogP contribution is -2.39. The lowest BCUT2D eigenvalue weighted by Gasteiger charge is -2.27. The number of rotatable bonds is 5. The number of anilines is 2. The lowest BCUT2D eigenvalue weighted by molar-refractivity contribution is -0.147. The number of carbonyl (C=O) groups is 4. The first-order chi connectivity index (χ1) is 25.5. The first kappa shape index (κ1) is 44.3. The maximum Gasteiger partial charge on any atom is 0.416 e. The zero-order valence-electron chi connectivity index (χ0n) is 28.9. The highest BCUT2D eigenvalue weighted by Crippen LogP contribution is 2.41. The molecule has 2 unspecified atom stereocenters. The molecule has 304 valence electrons. The molecule has 0 bridgehead atoms. The number of halogens is 12. The molecule has 2 heterocycles. The molecule has 56 heavy (non-hydrogen) atoms. The van der Waals surface area contributed by atoms with Gasteiger partial charge in [-0.25, -0.2) is 4.98 Å². The highest BCUT2D eigenvalue weighted by molar-refractivity contribution is 6.40. The van der Waals surface area contributed by atoms with E-state index in [-0.39, 0.29) is 29.2 Å². The number of carbonyl (C=O) groups excluding carboxylic acids is 4. The van der Waals surface area contributed by atoms with Crippen molar-refractivity contribution in [2.75, 3.05) is 25.1 Å². The second-order valence-electron chi connectivity index (χ2n) is 11.8. The number of likely N-dealkylation sites (N-methyl/N-ethyl adjacent to an activating group) is 2. The van der Waals surface area contributed by atoms with Gasteiger partial charge in [0, 0.05) is 20.3 Å². The summed E-state index contributed by atoms with van der Waals surface area (Å²) in [5, 5.41) is 9.02. The molecule has 0 saturated heterocycles. The van der Waals surface area contributed by atoms with Crippen LogP contribution in [0.4, 0.5) is 64.2 Å². The summed E-state index contributed by atoms with van der Waals surface area (Å²) in [6, 6.07) is -0.549. The molecule has 0 aliphatic heterocycles. The van der Waals surface area contributed by atoms with Crippen LogP contribution < -0.4 is 16.8 Å². The first-order valence-electron chi connectivity index (χ1n) is 15.3. The van der Waals surface area contributed by atoms with Gasteiger partial charge in [-0.15, -0.1) is 0 Å². The molecule has 2 aromatic carbocycles. The Balaban J connectivity index is 0.000000322. The van der Waals surface area contributed by atoms with Gasteiger partial charge >= 0.3 is 48.3 Å².